The minimum absolute atomic E-state index is 0.331. The van der Waals surface area contributed by atoms with E-state index < -0.39 is 5.97 Å². The van der Waals surface area contributed by atoms with Gasteiger partial charge in [-0.25, -0.2) is 14.5 Å². The second-order valence-electron chi connectivity index (χ2n) is 4.35. The molecule has 0 aliphatic heterocycles. The number of allylic oxidation sites excluding steroid dienone is 1. The highest BCUT2D eigenvalue weighted by atomic mass is 16.5. The summed E-state index contributed by atoms with van der Waals surface area (Å²) in [6.45, 7) is 7.65. The van der Waals surface area contributed by atoms with Crippen molar-refractivity contribution in [3.8, 4) is 0 Å². The van der Waals surface area contributed by atoms with Gasteiger partial charge in [0, 0.05) is 6.20 Å². The lowest BCUT2D eigenvalue weighted by molar-refractivity contribution is 0.0527. The summed E-state index contributed by atoms with van der Waals surface area (Å²) in [4.78, 5) is 15.6. The smallest absolute Gasteiger partial charge is 0.343 e. The second kappa shape index (κ2) is 5.16. The molecule has 1 heterocycles. The van der Waals surface area contributed by atoms with E-state index in [0.29, 0.717) is 23.9 Å². The highest BCUT2D eigenvalue weighted by Crippen LogP contribution is 2.36. The highest BCUT2D eigenvalue weighted by molar-refractivity contribution is 5.94. The number of aliphatic imine (C=N–C) groups is 1. The Bertz CT molecular complexity index is 498. The number of carbonyl (C=O) groups is 1. The van der Waals surface area contributed by atoms with Gasteiger partial charge in [0.2, 0.25) is 0 Å². The topological polar surface area (TPSA) is 56.5 Å². The van der Waals surface area contributed by atoms with Gasteiger partial charge >= 0.3 is 5.97 Å². The fourth-order valence-corrected chi connectivity index (χ4v) is 1.80. The maximum atomic E-state index is 11.7. The molecule has 0 N–H and O–H groups in total. The van der Waals surface area contributed by atoms with E-state index in [1.54, 1.807) is 11.6 Å². The molecule has 1 aromatic heterocycles. The van der Waals surface area contributed by atoms with Gasteiger partial charge in [-0.15, -0.1) is 0 Å². The van der Waals surface area contributed by atoms with Crippen LogP contribution in [0.1, 0.15) is 37.0 Å². The van der Waals surface area contributed by atoms with Crippen molar-refractivity contribution in [3.05, 3.63) is 17.3 Å². The molecule has 0 spiro atoms. The van der Waals surface area contributed by atoms with Crippen molar-refractivity contribution in [2.75, 3.05) is 6.61 Å². The van der Waals surface area contributed by atoms with E-state index in [1.165, 1.54) is 24.6 Å². The number of ether oxygens (including phenoxy) is 1. The Hall–Kier alpha value is -1.91. The van der Waals surface area contributed by atoms with Crippen molar-refractivity contribution in [3.63, 3.8) is 0 Å². The predicted molar refractivity (Wildman–Crippen MR) is 70.1 cm³/mol. The Balaban J connectivity index is 2.29. The molecule has 18 heavy (non-hydrogen) atoms. The van der Waals surface area contributed by atoms with Crippen molar-refractivity contribution < 1.29 is 9.53 Å². The first-order valence-electron chi connectivity index (χ1n) is 6.07. The fraction of sp³-hybridized carbons (Fsp3) is 0.462. The third-order valence-corrected chi connectivity index (χ3v) is 2.96. The SMILES string of the molecule is C=Nc1c(C(=O)OCC)cnn1/C=C(\C)C1CC1. The van der Waals surface area contributed by atoms with Crippen LogP contribution in [0.5, 0.6) is 0 Å². The van der Waals surface area contributed by atoms with E-state index in [0.717, 1.165) is 0 Å². The van der Waals surface area contributed by atoms with Crippen molar-refractivity contribution in [2.45, 2.75) is 26.7 Å². The molecule has 0 atom stereocenters. The van der Waals surface area contributed by atoms with Crippen LogP contribution in [0.2, 0.25) is 0 Å². The van der Waals surface area contributed by atoms with Crippen LogP contribution in [-0.4, -0.2) is 29.1 Å². The summed E-state index contributed by atoms with van der Waals surface area (Å²) < 4.78 is 6.54. The van der Waals surface area contributed by atoms with Crippen LogP contribution >= 0.6 is 0 Å². The van der Waals surface area contributed by atoms with Crippen molar-refractivity contribution in [1.82, 2.24) is 9.78 Å². The third kappa shape index (κ3) is 2.50. The summed E-state index contributed by atoms with van der Waals surface area (Å²) in [6.07, 6.45) is 5.83. The lowest BCUT2D eigenvalue weighted by atomic mass is 10.2. The molecule has 1 saturated carbocycles. The summed E-state index contributed by atoms with van der Waals surface area (Å²) >= 11 is 0. The number of hydrogen-bond donors (Lipinski definition) is 0. The maximum absolute atomic E-state index is 11.7. The lowest BCUT2D eigenvalue weighted by Gasteiger charge is -2.02. The monoisotopic (exact) mass is 247 g/mol. The summed E-state index contributed by atoms with van der Waals surface area (Å²) in [6, 6.07) is 0. The van der Waals surface area contributed by atoms with Gasteiger partial charge in [-0.1, -0.05) is 5.57 Å². The molecule has 1 aliphatic carbocycles. The molecule has 96 valence electrons. The van der Waals surface area contributed by atoms with E-state index in [9.17, 15) is 4.79 Å². The zero-order valence-electron chi connectivity index (χ0n) is 10.7. The standard InChI is InChI=1S/C13H17N3O2/c1-4-18-13(17)11-7-15-16(12(11)14-3)8-9(2)10-5-6-10/h7-8,10H,3-6H2,1-2H3/b9-8+. The number of rotatable bonds is 5. The first-order valence-corrected chi connectivity index (χ1v) is 6.07. The lowest BCUT2D eigenvalue weighted by Crippen LogP contribution is -2.03. The molecule has 0 aromatic carbocycles. The van der Waals surface area contributed by atoms with Gasteiger partial charge in [0.05, 0.1) is 12.8 Å². The molecule has 1 aliphatic rings. The third-order valence-electron chi connectivity index (χ3n) is 2.96. The zero-order valence-corrected chi connectivity index (χ0v) is 10.7. The quantitative estimate of drug-likeness (QED) is 0.593. The average Bonchev–Trinajstić information content (AvgIpc) is 3.12. The average molecular weight is 247 g/mol. The number of hydrogen-bond acceptors (Lipinski definition) is 4. The number of esters is 1. The molecule has 1 fully saturated rings. The van der Waals surface area contributed by atoms with Crippen LogP contribution in [0.4, 0.5) is 5.82 Å². The van der Waals surface area contributed by atoms with Gasteiger partial charge in [0.15, 0.2) is 5.82 Å². The highest BCUT2D eigenvalue weighted by Gasteiger charge is 2.24. The van der Waals surface area contributed by atoms with Gasteiger partial charge in [-0.2, -0.15) is 5.10 Å². The second-order valence-corrected chi connectivity index (χ2v) is 4.35. The normalized spacial score (nSPS) is 15.6. The summed E-state index contributed by atoms with van der Waals surface area (Å²) in [5.41, 5.74) is 1.60. The van der Waals surface area contributed by atoms with Crippen molar-refractivity contribution in [2.24, 2.45) is 10.9 Å². The van der Waals surface area contributed by atoms with Crippen molar-refractivity contribution >= 4 is 24.7 Å². The zero-order chi connectivity index (χ0) is 13.1. The Morgan fingerprint density at radius 2 is 2.44 bits per heavy atom. The van der Waals surface area contributed by atoms with E-state index in [4.69, 9.17) is 4.74 Å². The molecular formula is C13H17N3O2. The van der Waals surface area contributed by atoms with Gasteiger partial charge in [-0.3, -0.25) is 0 Å². The number of carbonyl (C=O) groups excluding carboxylic acids is 1. The molecule has 1 aromatic rings. The molecule has 0 radical (unpaired) electrons. The maximum Gasteiger partial charge on any atom is 0.343 e. The van der Waals surface area contributed by atoms with E-state index >= 15 is 0 Å². The predicted octanol–water partition coefficient (Wildman–Crippen LogP) is 2.66. The molecule has 5 heteroatoms. The number of aromatic nitrogens is 2. The Kier molecular flexibility index (Phi) is 3.60. The molecular weight excluding hydrogens is 230 g/mol. The van der Waals surface area contributed by atoms with Gasteiger partial charge < -0.3 is 4.74 Å². The summed E-state index contributed by atoms with van der Waals surface area (Å²) in [5.74, 6) is 0.676. The van der Waals surface area contributed by atoms with Crippen LogP contribution in [0.3, 0.4) is 0 Å². The van der Waals surface area contributed by atoms with Crippen LogP contribution in [-0.2, 0) is 4.74 Å². The summed E-state index contributed by atoms with van der Waals surface area (Å²) in [7, 11) is 0. The summed E-state index contributed by atoms with van der Waals surface area (Å²) in [5, 5.41) is 4.15. The van der Waals surface area contributed by atoms with Crippen LogP contribution in [0, 0.1) is 5.92 Å². The molecule has 0 unspecified atom stereocenters. The molecule has 2 rings (SSSR count). The first-order chi connectivity index (χ1) is 8.67. The van der Waals surface area contributed by atoms with Gasteiger partial charge in [0.1, 0.15) is 5.56 Å². The van der Waals surface area contributed by atoms with Crippen LogP contribution < -0.4 is 0 Å². The molecule has 0 bridgehead atoms. The largest absolute Gasteiger partial charge is 0.462 e. The van der Waals surface area contributed by atoms with Crippen LogP contribution in [0.15, 0.2) is 16.8 Å². The van der Waals surface area contributed by atoms with E-state index in [1.807, 2.05) is 6.20 Å². The van der Waals surface area contributed by atoms with Crippen molar-refractivity contribution in [1.29, 1.82) is 0 Å². The molecule has 0 amide bonds. The minimum Gasteiger partial charge on any atom is -0.462 e. The molecule has 0 saturated heterocycles. The van der Waals surface area contributed by atoms with Gasteiger partial charge in [-0.05, 0) is 39.3 Å². The van der Waals surface area contributed by atoms with E-state index in [-0.39, 0.29) is 0 Å². The first kappa shape index (κ1) is 12.5. The number of nitrogens with zero attached hydrogens (tertiary/aromatic N) is 3. The Labute approximate surface area is 106 Å². The molecule has 5 nitrogen and oxygen atoms in total. The fourth-order valence-electron chi connectivity index (χ4n) is 1.80. The minimum atomic E-state index is -0.413. The Morgan fingerprint density at radius 3 is 3.00 bits per heavy atom. The Morgan fingerprint density at radius 1 is 1.72 bits per heavy atom. The van der Waals surface area contributed by atoms with Crippen LogP contribution in [0.25, 0.3) is 6.20 Å². The van der Waals surface area contributed by atoms with E-state index in [2.05, 4.69) is 23.7 Å². The van der Waals surface area contributed by atoms with Gasteiger partial charge in [0.25, 0.3) is 0 Å².